The fraction of sp³-hybridized carbons (Fsp3) is 0.167. The molecule has 0 aliphatic carbocycles. The third-order valence-corrected chi connectivity index (χ3v) is 4.65. The lowest BCUT2D eigenvalue weighted by atomic mass is 10.1. The highest BCUT2D eigenvalue weighted by molar-refractivity contribution is 6.30. The molecule has 4 rings (SSSR count). The Morgan fingerprint density at radius 1 is 1.21 bits per heavy atom. The quantitative estimate of drug-likeness (QED) is 0.386. The number of benzene rings is 2. The van der Waals surface area contributed by atoms with Gasteiger partial charge < -0.3 is 4.74 Å². The molecule has 0 fully saturated rings. The van der Waals surface area contributed by atoms with Crippen molar-refractivity contribution in [3.8, 4) is 5.75 Å². The molecule has 4 aromatic rings. The van der Waals surface area contributed by atoms with Gasteiger partial charge in [-0.2, -0.15) is 0 Å². The van der Waals surface area contributed by atoms with Gasteiger partial charge in [0.15, 0.2) is 11.6 Å². The number of aromatic nitrogens is 4. The van der Waals surface area contributed by atoms with E-state index in [0.29, 0.717) is 22.5 Å². The third kappa shape index (κ3) is 2.85. The van der Waals surface area contributed by atoms with Crippen LogP contribution in [0.4, 0.5) is 5.69 Å². The molecule has 0 atom stereocenters. The van der Waals surface area contributed by atoms with E-state index in [9.17, 15) is 14.9 Å². The zero-order valence-corrected chi connectivity index (χ0v) is 15.7. The van der Waals surface area contributed by atoms with Gasteiger partial charge in [-0.05, 0) is 31.2 Å². The maximum absolute atomic E-state index is 12.6. The maximum Gasteiger partial charge on any atom is 0.312 e. The molecule has 10 heteroatoms. The van der Waals surface area contributed by atoms with Crippen molar-refractivity contribution in [3.63, 3.8) is 0 Å². The van der Waals surface area contributed by atoms with Crippen molar-refractivity contribution in [2.75, 3.05) is 0 Å². The van der Waals surface area contributed by atoms with E-state index in [1.54, 1.807) is 17.5 Å². The largest absolute Gasteiger partial charge is 0.479 e. The first kappa shape index (κ1) is 17.9. The van der Waals surface area contributed by atoms with Gasteiger partial charge in [-0.15, -0.1) is 10.2 Å². The van der Waals surface area contributed by atoms with E-state index >= 15 is 0 Å². The van der Waals surface area contributed by atoms with Crippen molar-refractivity contribution in [1.82, 2.24) is 19.2 Å². The van der Waals surface area contributed by atoms with E-state index in [1.807, 2.05) is 19.1 Å². The topological polar surface area (TPSA) is 105 Å². The van der Waals surface area contributed by atoms with Crippen LogP contribution in [0.15, 0.2) is 41.2 Å². The minimum Gasteiger partial charge on any atom is -0.479 e. The number of nitrogens with zero attached hydrogens (tertiary/aromatic N) is 5. The van der Waals surface area contributed by atoms with Gasteiger partial charge >= 0.3 is 5.69 Å². The minimum atomic E-state index is -0.564. The molecule has 2 aromatic carbocycles. The standard InChI is InChI=1S/C18H14ClN5O4/c1-10-3-5-13-12(7-10)17(25)22(2)18-21-20-16(23(13)18)9-28-15-6-4-11(19)8-14(15)24(26)27/h3-8H,9H2,1-2H3. The van der Waals surface area contributed by atoms with E-state index in [2.05, 4.69) is 10.2 Å². The minimum absolute atomic E-state index is 0.0659. The van der Waals surface area contributed by atoms with Crippen LogP contribution >= 0.6 is 11.6 Å². The fourth-order valence-corrected chi connectivity index (χ4v) is 3.22. The van der Waals surface area contributed by atoms with Gasteiger partial charge in [0.2, 0.25) is 5.78 Å². The average molecular weight is 400 g/mol. The molecule has 0 radical (unpaired) electrons. The first-order valence-electron chi connectivity index (χ1n) is 8.27. The number of halogens is 1. The Bertz CT molecular complexity index is 1310. The van der Waals surface area contributed by atoms with Gasteiger partial charge in [0.1, 0.15) is 6.61 Å². The molecule has 0 spiro atoms. The van der Waals surface area contributed by atoms with Crippen LogP contribution in [0.5, 0.6) is 5.75 Å². The summed E-state index contributed by atoms with van der Waals surface area (Å²) in [7, 11) is 1.61. The lowest BCUT2D eigenvalue weighted by molar-refractivity contribution is -0.385. The van der Waals surface area contributed by atoms with Crippen LogP contribution in [0.3, 0.4) is 0 Å². The molecule has 0 unspecified atom stereocenters. The second-order valence-corrected chi connectivity index (χ2v) is 6.73. The zero-order valence-electron chi connectivity index (χ0n) is 14.9. The molecule has 0 bridgehead atoms. The first-order valence-corrected chi connectivity index (χ1v) is 8.64. The highest BCUT2D eigenvalue weighted by Crippen LogP contribution is 2.30. The molecule has 0 saturated heterocycles. The van der Waals surface area contributed by atoms with E-state index in [0.717, 1.165) is 5.56 Å². The zero-order chi connectivity index (χ0) is 20.0. The Hall–Kier alpha value is -3.46. The fourth-order valence-electron chi connectivity index (χ4n) is 3.05. The predicted molar refractivity (Wildman–Crippen MR) is 103 cm³/mol. The summed E-state index contributed by atoms with van der Waals surface area (Å²) in [5, 5.41) is 20.2. The molecule has 0 aliphatic heterocycles. The molecule has 28 heavy (non-hydrogen) atoms. The predicted octanol–water partition coefficient (Wildman–Crippen LogP) is 3.03. The molecule has 0 aliphatic rings. The summed E-state index contributed by atoms with van der Waals surface area (Å²) in [5.41, 5.74) is 1.16. The number of fused-ring (bicyclic) bond motifs is 3. The van der Waals surface area contributed by atoms with Crippen molar-refractivity contribution >= 4 is 34.0 Å². The van der Waals surface area contributed by atoms with E-state index < -0.39 is 4.92 Å². The Morgan fingerprint density at radius 2 is 2.00 bits per heavy atom. The summed E-state index contributed by atoms with van der Waals surface area (Å²) in [4.78, 5) is 23.3. The number of aryl methyl sites for hydroxylation is 2. The van der Waals surface area contributed by atoms with Crippen LogP contribution in [0.25, 0.3) is 16.7 Å². The smallest absolute Gasteiger partial charge is 0.312 e. The van der Waals surface area contributed by atoms with Gasteiger partial charge in [-0.1, -0.05) is 23.2 Å². The van der Waals surface area contributed by atoms with Gasteiger partial charge in [0.05, 0.1) is 15.8 Å². The van der Waals surface area contributed by atoms with Crippen molar-refractivity contribution < 1.29 is 9.66 Å². The van der Waals surface area contributed by atoms with Crippen molar-refractivity contribution in [3.05, 3.63) is 73.3 Å². The van der Waals surface area contributed by atoms with E-state index in [-0.39, 0.29) is 28.6 Å². The molecule has 2 aromatic heterocycles. The third-order valence-electron chi connectivity index (χ3n) is 4.42. The van der Waals surface area contributed by atoms with Gasteiger partial charge in [-0.25, -0.2) is 0 Å². The van der Waals surface area contributed by atoms with Crippen molar-refractivity contribution in [2.45, 2.75) is 13.5 Å². The summed E-state index contributed by atoms with van der Waals surface area (Å²) >= 11 is 5.83. The summed E-state index contributed by atoms with van der Waals surface area (Å²) in [6.07, 6.45) is 0. The first-order chi connectivity index (χ1) is 13.4. The molecule has 142 valence electrons. The van der Waals surface area contributed by atoms with Crippen LogP contribution in [-0.4, -0.2) is 24.1 Å². The molecule has 9 nitrogen and oxygen atoms in total. The number of nitro groups is 1. The Balaban J connectivity index is 1.82. The van der Waals surface area contributed by atoms with Crippen LogP contribution in [0, 0.1) is 17.0 Å². The number of rotatable bonds is 4. The summed E-state index contributed by atoms with van der Waals surface area (Å²) in [6, 6.07) is 9.66. The van der Waals surface area contributed by atoms with Gasteiger partial charge in [0.25, 0.3) is 5.56 Å². The highest BCUT2D eigenvalue weighted by Gasteiger charge is 2.19. The van der Waals surface area contributed by atoms with Crippen molar-refractivity contribution in [1.29, 1.82) is 0 Å². The highest BCUT2D eigenvalue weighted by atomic mass is 35.5. The molecular formula is C18H14ClN5O4. The Kier molecular flexibility index (Phi) is 4.23. The lowest BCUT2D eigenvalue weighted by Crippen LogP contribution is -2.20. The Labute approximate surface area is 162 Å². The Morgan fingerprint density at radius 3 is 2.75 bits per heavy atom. The maximum atomic E-state index is 12.6. The van der Waals surface area contributed by atoms with Gasteiger partial charge in [-0.3, -0.25) is 23.9 Å². The molecule has 0 N–H and O–H groups in total. The monoisotopic (exact) mass is 399 g/mol. The van der Waals surface area contributed by atoms with Gasteiger partial charge in [0, 0.05) is 18.1 Å². The number of hydrogen-bond acceptors (Lipinski definition) is 6. The van der Waals surface area contributed by atoms with Crippen molar-refractivity contribution in [2.24, 2.45) is 7.05 Å². The molecule has 0 saturated carbocycles. The van der Waals surface area contributed by atoms with Crippen LogP contribution in [0.1, 0.15) is 11.4 Å². The SMILES string of the molecule is Cc1ccc2c(c1)c(=O)n(C)c1nnc(COc3ccc(Cl)cc3[N+](=O)[O-])n21. The van der Waals surface area contributed by atoms with E-state index in [4.69, 9.17) is 16.3 Å². The molecule has 0 amide bonds. The molecule has 2 heterocycles. The van der Waals surface area contributed by atoms with E-state index in [1.165, 1.54) is 22.8 Å². The summed E-state index contributed by atoms with van der Waals surface area (Å²) in [6.45, 7) is 1.82. The lowest BCUT2D eigenvalue weighted by Gasteiger charge is -2.09. The number of hydrogen-bond donors (Lipinski definition) is 0. The van der Waals surface area contributed by atoms with Crippen LogP contribution in [-0.2, 0) is 13.7 Å². The molecular weight excluding hydrogens is 386 g/mol. The van der Waals surface area contributed by atoms with Crippen LogP contribution in [0.2, 0.25) is 5.02 Å². The number of nitro benzene ring substituents is 1. The number of ether oxygens (including phenoxy) is 1. The second-order valence-electron chi connectivity index (χ2n) is 6.29. The summed E-state index contributed by atoms with van der Waals surface area (Å²) in [5.74, 6) is 0.824. The normalized spacial score (nSPS) is 11.2. The second kappa shape index (κ2) is 6.61. The van der Waals surface area contributed by atoms with Crippen LogP contribution < -0.4 is 10.3 Å². The summed E-state index contributed by atoms with van der Waals surface area (Å²) < 4.78 is 8.75. The average Bonchev–Trinajstić information content (AvgIpc) is 3.09.